The van der Waals surface area contributed by atoms with Crippen molar-refractivity contribution in [3.8, 4) is 0 Å². The van der Waals surface area contributed by atoms with Crippen LogP contribution < -0.4 is 0 Å². The second-order valence-corrected chi connectivity index (χ2v) is 6.43. The van der Waals surface area contributed by atoms with Gasteiger partial charge in [-0.3, -0.25) is 9.59 Å². The second kappa shape index (κ2) is 6.65. The maximum Gasteiger partial charge on any atom is 0.417 e. The molecule has 1 aromatic carbocycles. The first-order valence-corrected chi connectivity index (χ1v) is 8.22. The summed E-state index contributed by atoms with van der Waals surface area (Å²) in [6.07, 6.45) is -2.55. The van der Waals surface area contributed by atoms with E-state index in [4.69, 9.17) is 0 Å². The van der Waals surface area contributed by atoms with Gasteiger partial charge in [-0.05, 0) is 37.5 Å². The van der Waals surface area contributed by atoms with Crippen molar-refractivity contribution in [1.29, 1.82) is 0 Å². The van der Waals surface area contributed by atoms with Gasteiger partial charge in [-0.1, -0.05) is 0 Å². The minimum Gasteiger partial charge on any atom is -0.341 e. The van der Waals surface area contributed by atoms with Gasteiger partial charge in [0.2, 0.25) is 5.91 Å². The lowest BCUT2D eigenvalue weighted by atomic mass is 10.1. The van der Waals surface area contributed by atoms with E-state index in [1.165, 1.54) is 4.90 Å². The molecule has 8 heteroatoms. The van der Waals surface area contributed by atoms with E-state index in [0.29, 0.717) is 25.6 Å². The Balaban J connectivity index is 1.76. The number of hydrogen-bond donors (Lipinski definition) is 0. The number of amides is 2. The topological polar surface area (TPSA) is 40.6 Å². The Bertz CT molecular complexity index is 686. The molecule has 0 unspecified atom stereocenters. The third-order valence-corrected chi connectivity index (χ3v) is 4.54. The highest BCUT2D eigenvalue weighted by Crippen LogP contribution is 2.34. The Hall–Kier alpha value is -2.12. The normalized spacial score (nSPS) is 18.9. The SMILES string of the molecule is O=C(c1ccc(F)cc1C(F)(F)F)N1CCCN(C(=O)C2CC2)CC1. The fourth-order valence-corrected chi connectivity index (χ4v) is 3.04. The number of alkyl halides is 3. The molecule has 1 aliphatic carbocycles. The van der Waals surface area contributed by atoms with Crippen LogP contribution in [-0.4, -0.2) is 47.8 Å². The van der Waals surface area contributed by atoms with Gasteiger partial charge in [0.05, 0.1) is 11.1 Å². The number of nitrogens with zero attached hydrogens (tertiary/aromatic N) is 2. The Morgan fingerprint density at radius 3 is 2.28 bits per heavy atom. The molecule has 1 aliphatic heterocycles. The number of halogens is 4. The van der Waals surface area contributed by atoms with Crippen LogP contribution in [-0.2, 0) is 11.0 Å². The number of rotatable bonds is 2. The Morgan fingerprint density at radius 2 is 1.64 bits per heavy atom. The van der Waals surface area contributed by atoms with Gasteiger partial charge in [0.25, 0.3) is 5.91 Å². The van der Waals surface area contributed by atoms with Crippen molar-refractivity contribution in [2.75, 3.05) is 26.2 Å². The molecular weight excluding hydrogens is 340 g/mol. The van der Waals surface area contributed by atoms with E-state index in [2.05, 4.69) is 0 Å². The van der Waals surface area contributed by atoms with Crippen LogP contribution in [0.1, 0.15) is 35.2 Å². The van der Waals surface area contributed by atoms with Crippen molar-refractivity contribution in [2.24, 2.45) is 5.92 Å². The predicted octanol–water partition coefficient (Wildman–Crippen LogP) is 2.93. The van der Waals surface area contributed by atoms with Crippen LogP contribution in [0.15, 0.2) is 18.2 Å². The molecule has 0 bridgehead atoms. The van der Waals surface area contributed by atoms with Crippen molar-refractivity contribution < 1.29 is 27.2 Å². The highest BCUT2D eigenvalue weighted by molar-refractivity contribution is 5.96. The van der Waals surface area contributed by atoms with Crippen LogP contribution >= 0.6 is 0 Å². The van der Waals surface area contributed by atoms with Gasteiger partial charge in [-0.15, -0.1) is 0 Å². The Kier molecular flexibility index (Phi) is 4.71. The molecule has 1 aromatic rings. The molecule has 3 rings (SSSR count). The summed E-state index contributed by atoms with van der Waals surface area (Å²) in [4.78, 5) is 27.7. The van der Waals surface area contributed by atoms with Crippen molar-refractivity contribution in [1.82, 2.24) is 9.80 Å². The summed E-state index contributed by atoms with van der Waals surface area (Å²) in [5.74, 6) is -1.70. The highest BCUT2D eigenvalue weighted by Gasteiger charge is 2.38. The van der Waals surface area contributed by atoms with Crippen molar-refractivity contribution in [3.05, 3.63) is 35.1 Å². The fourth-order valence-electron chi connectivity index (χ4n) is 3.04. The molecule has 4 nitrogen and oxygen atoms in total. The first kappa shape index (κ1) is 17.7. The molecule has 0 aromatic heterocycles. The van der Waals surface area contributed by atoms with Gasteiger partial charge in [-0.2, -0.15) is 13.2 Å². The third kappa shape index (κ3) is 3.93. The number of benzene rings is 1. The number of carbonyl (C=O) groups excluding carboxylic acids is 2. The molecule has 0 radical (unpaired) electrons. The lowest BCUT2D eigenvalue weighted by Gasteiger charge is -2.23. The average Bonchev–Trinajstić information content (AvgIpc) is 3.39. The zero-order chi connectivity index (χ0) is 18.2. The van der Waals surface area contributed by atoms with Crippen LogP contribution in [0.5, 0.6) is 0 Å². The van der Waals surface area contributed by atoms with Crippen molar-refractivity contribution in [2.45, 2.75) is 25.4 Å². The third-order valence-electron chi connectivity index (χ3n) is 4.54. The Labute approximate surface area is 142 Å². The van der Waals surface area contributed by atoms with E-state index in [-0.39, 0.29) is 24.9 Å². The molecule has 2 amide bonds. The Morgan fingerprint density at radius 1 is 1.00 bits per heavy atom. The summed E-state index contributed by atoms with van der Waals surface area (Å²) in [5.41, 5.74) is -1.83. The van der Waals surface area contributed by atoms with Crippen LogP contribution in [0.4, 0.5) is 17.6 Å². The van der Waals surface area contributed by atoms with E-state index >= 15 is 0 Å². The van der Waals surface area contributed by atoms with Gasteiger partial charge in [0.1, 0.15) is 5.82 Å². The molecule has 1 saturated carbocycles. The summed E-state index contributed by atoms with van der Waals surface area (Å²) in [5, 5.41) is 0. The fraction of sp³-hybridized carbons (Fsp3) is 0.529. The van der Waals surface area contributed by atoms with E-state index < -0.39 is 29.0 Å². The summed E-state index contributed by atoms with van der Waals surface area (Å²) in [6, 6.07) is 2.07. The second-order valence-electron chi connectivity index (χ2n) is 6.43. The first-order chi connectivity index (χ1) is 11.8. The summed E-state index contributed by atoms with van der Waals surface area (Å²) in [7, 11) is 0. The smallest absolute Gasteiger partial charge is 0.341 e. The van der Waals surface area contributed by atoms with Gasteiger partial charge in [0, 0.05) is 32.1 Å². The molecule has 1 heterocycles. The van der Waals surface area contributed by atoms with Gasteiger partial charge >= 0.3 is 6.18 Å². The molecule has 136 valence electrons. The van der Waals surface area contributed by atoms with Crippen molar-refractivity contribution in [3.63, 3.8) is 0 Å². The average molecular weight is 358 g/mol. The lowest BCUT2D eigenvalue weighted by molar-refractivity contribution is -0.138. The van der Waals surface area contributed by atoms with Crippen LogP contribution in [0.25, 0.3) is 0 Å². The van der Waals surface area contributed by atoms with Gasteiger partial charge < -0.3 is 9.80 Å². The molecule has 1 saturated heterocycles. The van der Waals surface area contributed by atoms with E-state index in [1.54, 1.807) is 4.90 Å². The maximum atomic E-state index is 13.2. The van der Waals surface area contributed by atoms with E-state index in [0.717, 1.165) is 25.0 Å². The molecular formula is C17H18F4N2O2. The summed E-state index contributed by atoms with van der Waals surface area (Å²) < 4.78 is 52.5. The van der Waals surface area contributed by atoms with Gasteiger partial charge in [0.15, 0.2) is 0 Å². The predicted molar refractivity (Wildman–Crippen MR) is 81.2 cm³/mol. The zero-order valence-corrected chi connectivity index (χ0v) is 13.5. The van der Waals surface area contributed by atoms with Crippen LogP contribution in [0, 0.1) is 11.7 Å². The van der Waals surface area contributed by atoms with Crippen LogP contribution in [0.3, 0.4) is 0 Å². The van der Waals surface area contributed by atoms with Crippen LogP contribution in [0.2, 0.25) is 0 Å². The molecule has 0 spiro atoms. The summed E-state index contributed by atoms with van der Waals surface area (Å²) in [6.45, 7) is 1.24. The van der Waals surface area contributed by atoms with Gasteiger partial charge in [-0.25, -0.2) is 4.39 Å². The minimum absolute atomic E-state index is 0.0621. The molecule has 2 aliphatic rings. The molecule has 25 heavy (non-hydrogen) atoms. The number of hydrogen-bond acceptors (Lipinski definition) is 2. The van der Waals surface area contributed by atoms with Crippen molar-refractivity contribution >= 4 is 11.8 Å². The minimum atomic E-state index is -4.81. The summed E-state index contributed by atoms with van der Waals surface area (Å²) >= 11 is 0. The van der Waals surface area contributed by atoms with E-state index in [9.17, 15) is 27.2 Å². The van der Waals surface area contributed by atoms with E-state index in [1.807, 2.05) is 0 Å². The quantitative estimate of drug-likeness (QED) is 0.763. The number of carbonyl (C=O) groups is 2. The highest BCUT2D eigenvalue weighted by atomic mass is 19.4. The maximum absolute atomic E-state index is 13.2. The molecule has 0 atom stereocenters. The standard InChI is InChI=1S/C17H18F4N2O2/c18-12-4-5-13(14(10-12)17(19,20)21)16(25)23-7-1-6-22(8-9-23)15(24)11-2-3-11/h4-5,10-11H,1-3,6-9H2. The molecule has 2 fully saturated rings. The lowest BCUT2D eigenvalue weighted by Crippen LogP contribution is -2.38. The zero-order valence-electron chi connectivity index (χ0n) is 13.5. The largest absolute Gasteiger partial charge is 0.417 e. The monoisotopic (exact) mass is 358 g/mol. The first-order valence-electron chi connectivity index (χ1n) is 8.22. The molecule has 0 N–H and O–H groups in total.